The average molecular weight is 246 g/mol. The van der Waals surface area contributed by atoms with Gasteiger partial charge in [-0.05, 0) is 41.7 Å². The van der Waals surface area contributed by atoms with Gasteiger partial charge < -0.3 is 5.11 Å². The van der Waals surface area contributed by atoms with Crippen molar-refractivity contribution in [3.05, 3.63) is 35.4 Å². The van der Waals surface area contributed by atoms with E-state index in [0.29, 0.717) is 5.92 Å². The van der Waals surface area contributed by atoms with Crippen molar-refractivity contribution in [2.24, 2.45) is 11.3 Å². The van der Waals surface area contributed by atoms with Crippen molar-refractivity contribution in [3.63, 3.8) is 0 Å². The molecule has 1 aliphatic carbocycles. The van der Waals surface area contributed by atoms with Gasteiger partial charge in [0.25, 0.3) is 0 Å². The van der Waals surface area contributed by atoms with Crippen LogP contribution >= 0.6 is 0 Å². The number of hydrogen-bond donors (Lipinski definition) is 1. The topological polar surface area (TPSA) is 20.2 Å². The molecule has 1 saturated carbocycles. The van der Waals surface area contributed by atoms with Crippen molar-refractivity contribution < 1.29 is 5.11 Å². The maximum absolute atomic E-state index is 10.6. The fraction of sp³-hybridized carbons (Fsp3) is 0.647. The molecule has 0 aromatic heterocycles. The standard InChI is InChI=1S/C17H26O/c1-4-6-13-8-10-14(11-9-13)16(18)15-7-5-12-17(15,2)3/h8-11,15-16,18H,4-7,12H2,1-3H3. The molecule has 1 fully saturated rings. The lowest BCUT2D eigenvalue weighted by molar-refractivity contribution is 0.0531. The van der Waals surface area contributed by atoms with Gasteiger partial charge in [0.05, 0.1) is 6.10 Å². The van der Waals surface area contributed by atoms with Crippen LogP contribution in [0.15, 0.2) is 24.3 Å². The molecule has 2 unspecified atom stereocenters. The van der Waals surface area contributed by atoms with E-state index in [1.165, 1.54) is 24.8 Å². The molecule has 1 N–H and O–H groups in total. The van der Waals surface area contributed by atoms with Gasteiger partial charge in [0.15, 0.2) is 0 Å². The summed E-state index contributed by atoms with van der Waals surface area (Å²) < 4.78 is 0. The van der Waals surface area contributed by atoms with E-state index >= 15 is 0 Å². The lowest BCUT2D eigenvalue weighted by Gasteiger charge is -2.31. The van der Waals surface area contributed by atoms with E-state index in [9.17, 15) is 5.11 Å². The van der Waals surface area contributed by atoms with Crippen molar-refractivity contribution in [2.75, 3.05) is 0 Å². The van der Waals surface area contributed by atoms with Gasteiger partial charge in [-0.3, -0.25) is 0 Å². The van der Waals surface area contributed by atoms with E-state index in [-0.39, 0.29) is 11.5 Å². The molecule has 0 bridgehead atoms. The zero-order chi connectivity index (χ0) is 13.2. The van der Waals surface area contributed by atoms with Crippen LogP contribution in [0.3, 0.4) is 0 Å². The molecule has 0 amide bonds. The van der Waals surface area contributed by atoms with E-state index < -0.39 is 0 Å². The maximum atomic E-state index is 10.6. The average Bonchev–Trinajstić information content (AvgIpc) is 2.69. The smallest absolute Gasteiger partial charge is 0.0823 e. The summed E-state index contributed by atoms with van der Waals surface area (Å²) in [7, 11) is 0. The molecule has 1 aliphatic rings. The van der Waals surface area contributed by atoms with Crippen molar-refractivity contribution in [1.29, 1.82) is 0 Å². The van der Waals surface area contributed by atoms with Crippen molar-refractivity contribution >= 4 is 0 Å². The highest BCUT2D eigenvalue weighted by molar-refractivity contribution is 5.25. The molecule has 2 rings (SSSR count). The number of aryl methyl sites for hydroxylation is 1. The van der Waals surface area contributed by atoms with Crippen LogP contribution in [0.2, 0.25) is 0 Å². The lowest BCUT2D eigenvalue weighted by Crippen LogP contribution is -2.24. The summed E-state index contributed by atoms with van der Waals surface area (Å²) in [6, 6.07) is 8.57. The first-order valence-corrected chi connectivity index (χ1v) is 7.31. The number of aliphatic hydroxyl groups is 1. The van der Waals surface area contributed by atoms with Gasteiger partial charge in [0.2, 0.25) is 0 Å². The van der Waals surface area contributed by atoms with Gasteiger partial charge in [-0.2, -0.15) is 0 Å². The Kier molecular flexibility index (Phi) is 4.11. The van der Waals surface area contributed by atoms with E-state index in [2.05, 4.69) is 45.0 Å². The number of rotatable bonds is 4. The fourth-order valence-electron chi connectivity index (χ4n) is 3.34. The van der Waals surface area contributed by atoms with Crippen LogP contribution in [-0.2, 0) is 6.42 Å². The molecule has 18 heavy (non-hydrogen) atoms. The predicted octanol–water partition coefficient (Wildman–Crippen LogP) is 4.50. The minimum absolute atomic E-state index is 0.279. The lowest BCUT2D eigenvalue weighted by atomic mass is 9.77. The quantitative estimate of drug-likeness (QED) is 0.829. The normalized spacial score (nSPS) is 24.1. The number of aliphatic hydroxyl groups excluding tert-OH is 1. The summed E-state index contributed by atoms with van der Waals surface area (Å²) in [5.74, 6) is 0.412. The Hall–Kier alpha value is -0.820. The molecule has 1 aromatic rings. The molecule has 0 spiro atoms. The molecule has 1 nitrogen and oxygen atoms in total. The molecule has 100 valence electrons. The molecule has 1 heteroatoms. The van der Waals surface area contributed by atoms with Crippen molar-refractivity contribution in [1.82, 2.24) is 0 Å². The minimum atomic E-state index is -0.293. The van der Waals surface area contributed by atoms with Crippen LogP contribution < -0.4 is 0 Å². The SMILES string of the molecule is CCCc1ccc(C(O)C2CCCC2(C)C)cc1. The predicted molar refractivity (Wildman–Crippen MR) is 76.5 cm³/mol. The summed E-state index contributed by atoms with van der Waals surface area (Å²) >= 11 is 0. The Morgan fingerprint density at radius 1 is 1.28 bits per heavy atom. The third kappa shape index (κ3) is 2.77. The molecule has 0 aliphatic heterocycles. The van der Waals surface area contributed by atoms with Crippen LogP contribution in [0, 0.1) is 11.3 Å². The summed E-state index contributed by atoms with van der Waals surface area (Å²) in [4.78, 5) is 0. The Labute approximate surface area is 111 Å². The van der Waals surface area contributed by atoms with Gasteiger partial charge in [-0.15, -0.1) is 0 Å². The second kappa shape index (κ2) is 5.44. The molecule has 0 saturated heterocycles. The maximum Gasteiger partial charge on any atom is 0.0823 e. The van der Waals surface area contributed by atoms with Gasteiger partial charge in [-0.1, -0.05) is 57.9 Å². The fourth-order valence-corrected chi connectivity index (χ4v) is 3.34. The highest BCUT2D eigenvalue weighted by Gasteiger charge is 2.39. The van der Waals surface area contributed by atoms with Gasteiger partial charge >= 0.3 is 0 Å². The van der Waals surface area contributed by atoms with Gasteiger partial charge in [0.1, 0.15) is 0 Å². The van der Waals surface area contributed by atoms with E-state index in [0.717, 1.165) is 18.4 Å². The molecule has 0 radical (unpaired) electrons. The van der Waals surface area contributed by atoms with Crippen molar-refractivity contribution in [3.8, 4) is 0 Å². The monoisotopic (exact) mass is 246 g/mol. The van der Waals surface area contributed by atoms with Crippen LogP contribution in [-0.4, -0.2) is 5.11 Å². The Morgan fingerprint density at radius 3 is 2.44 bits per heavy atom. The summed E-state index contributed by atoms with van der Waals surface area (Å²) in [6.07, 6.45) is 5.66. The zero-order valence-electron chi connectivity index (χ0n) is 11.9. The van der Waals surface area contributed by atoms with Crippen LogP contribution in [0.4, 0.5) is 0 Å². The first kappa shape index (κ1) is 13.6. The van der Waals surface area contributed by atoms with Gasteiger partial charge in [-0.25, -0.2) is 0 Å². The van der Waals surface area contributed by atoms with Crippen LogP contribution in [0.25, 0.3) is 0 Å². The highest BCUT2D eigenvalue weighted by atomic mass is 16.3. The Bertz CT molecular complexity index is 377. The molecular formula is C17H26O. The third-order valence-electron chi connectivity index (χ3n) is 4.58. The van der Waals surface area contributed by atoms with Crippen LogP contribution in [0.1, 0.15) is 63.7 Å². The first-order chi connectivity index (χ1) is 8.54. The highest BCUT2D eigenvalue weighted by Crippen LogP contribution is 2.48. The zero-order valence-corrected chi connectivity index (χ0v) is 11.9. The Morgan fingerprint density at radius 2 is 1.94 bits per heavy atom. The summed E-state index contributed by atoms with van der Waals surface area (Å²) in [5, 5.41) is 10.6. The molecular weight excluding hydrogens is 220 g/mol. The number of hydrogen-bond acceptors (Lipinski definition) is 1. The Balaban J connectivity index is 2.11. The molecule has 0 heterocycles. The van der Waals surface area contributed by atoms with Gasteiger partial charge in [0, 0.05) is 0 Å². The largest absolute Gasteiger partial charge is 0.388 e. The summed E-state index contributed by atoms with van der Waals surface area (Å²) in [5.41, 5.74) is 2.75. The molecule has 2 atom stereocenters. The molecule has 1 aromatic carbocycles. The second-order valence-electron chi connectivity index (χ2n) is 6.42. The summed E-state index contributed by atoms with van der Waals surface area (Å²) in [6.45, 7) is 6.78. The van der Waals surface area contributed by atoms with E-state index in [1.807, 2.05) is 0 Å². The third-order valence-corrected chi connectivity index (χ3v) is 4.58. The van der Waals surface area contributed by atoms with Crippen molar-refractivity contribution in [2.45, 2.75) is 59.0 Å². The first-order valence-electron chi connectivity index (χ1n) is 7.31. The second-order valence-corrected chi connectivity index (χ2v) is 6.42. The minimum Gasteiger partial charge on any atom is -0.388 e. The van der Waals surface area contributed by atoms with E-state index in [4.69, 9.17) is 0 Å². The van der Waals surface area contributed by atoms with E-state index in [1.54, 1.807) is 0 Å². The number of benzene rings is 1. The van der Waals surface area contributed by atoms with Crippen LogP contribution in [0.5, 0.6) is 0 Å².